The molecule has 6 nitrogen and oxygen atoms in total. The summed E-state index contributed by atoms with van der Waals surface area (Å²) in [5.41, 5.74) is 1.05. The fourth-order valence-corrected chi connectivity index (χ4v) is 3.15. The van der Waals surface area contributed by atoms with Crippen LogP contribution in [0.2, 0.25) is 0 Å². The molecule has 128 valence electrons. The maximum Gasteiger partial charge on any atom is 0.226 e. The summed E-state index contributed by atoms with van der Waals surface area (Å²) in [6.45, 7) is 4.33. The molecule has 1 aromatic rings. The SMILES string of the molecule is CC(=O)N1CCN(C(=O)C2CC2C(=O)NCc2ccccc2)CC1. The number of nitrogens with one attached hydrogen (secondary N) is 1. The Kier molecular flexibility index (Phi) is 4.83. The van der Waals surface area contributed by atoms with E-state index in [2.05, 4.69) is 5.32 Å². The molecule has 6 heteroatoms. The van der Waals surface area contributed by atoms with E-state index in [1.807, 2.05) is 30.3 Å². The van der Waals surface area contributed by atoms with Gasteiger partial charge in [0.15, 0.2) is 0 Å². The van der Waals surface area contributed by atoms with E-state index in [1.165, 1.54) is 0 Å². The molecule has 1 aromatic carbocycles. The summed E-state index contributed by atoms with van der Waals surface area (Å²) in [4.78, 5) is 39.5. The van der Waals surface area contributed by atoms with Crippen molar-refractivity contribution in [2.45, 2.75) is 19.9 Å². The number of hydrogen-bond acceptors (Lipinski definition) is 3. The van der Waals surface area contributed by atoms with E-state index in [0.717, 1.165) is 5.56 Å². The van der Waals surface area contributed by atoms with Crippen LogP contribution < -0.4 is 5.32 Å². The maximum atomic E-state index is 12.5. The van der Waals surface area contributed by atoms with Crippen LogP contribution in [0.3, 0.4) is 0 Å². The van der Waals surface area contributed by atoms with E-state index in [-0.39, 0.29) is 29.6 Å². The molecule has 0 bridgehead atoms. The molecule has 1 aliphatic carbocycles. The summed E-state index contributed by atoms with van der Waals surface area (Å²) in [6, 6.07) is 9.73. The predicted octanol–water partition coefficient (Wildman–Crippen LogP) is 0.630. The van der Waals surface area contributed by atoms with Gasteiger partial charge in [-0.1, -0.05) is 30.3 Å². The quantitative estimate of drug-likeness (QED) is 0.881. The Hall–Kier alpha value is -2.37. The van der Waals surface area contributed by atoms with E-state index in [9.17, 15) is 14.4 Å². The molecule has 0 spiro atoms. The molecule has 2 fully saturated rings. The Morgan fingerprint density at radius 2 is 1.62 bits per heavy atom. The largest absolute Gasteiger partial charge is 0.352 e. The summed E-state index contributed by atoms with van der Waals surface area (Å²) in [5, 5.41) is 2.91. The van der Waals surface area contributed by atoms with E-state index in [1.54, 1.807) is 16.7 Å². The van der Waals surface area contributed by atoms with Gasteiger partial charge < -0.3 is 15.1 Å². The second-order valence-corrected chi connectivity index (χ2v) is 6.48. The van der Waals surface area contributed by atoms with Gasteiger partial charge >= 0.3 is 0 Å². The van der Waals surface area contributed by atoms with E-state index < -0.39 is 0 Å². The number of carbonyl (C=O) groups is 3. The topological polar surface area (TPSA) is 69.7 Å². The Morgan fingerprint density at radius 1 is 1.00 bits per heavy atom. The number of benzene rings is 1. The highest BCUT2D eigenvalue weighted by molar-refractivity contribution is 5.92. The summed E-state index contributed by atoms with van der Waals surface area (Å²) >= 11 is 0. The van der Waals surface area contributed by atoms with Crippen LogP contribution in [0.4, 0.5) is 0 Å². The highest BCUT2D eigenvalue weighted by Gasteiger charge is 2.49. The zero-order chi connectivity index (χ0) is 17.1. The Morgan fingerprint density at radius 3 is 2.25 bits per heavy atom. The normalized spacial score (nSPS) is 22.9. The van der Waals surface area contributed by atoms with Gasteiger partial charge in [0.2, 0.25) is 17.7 Å². The number of amides is 3. The maximum absolute atomic E-state index is 12.5. The molecule has 1 saturated heterocycles. The third-order valence-corrected chi connectivity index (χ3v) is 4.79. The van der Waals surface area contributed by atoms with Crippen molar-refractivity contribution in [1.29, 1.82) is 0 Å². The standard InChI is InChI=1S/C18H23N3O3/c1-13(22)20-7-9-21(10-8-20)18(24)16-11-15(16)17(23)19-12-14-5-3-2-4-6-14/h2-6,15-16H,7-12H2,1H3,(H,19,23). The minimum Gasteiger partial charge on any atom is -0.352 e. The molecule has 2 unspecified atom stereocenters. The minimum absolute atomic E-state index is 0.0421. The lowest BCUT2D eigenvalue weighted by molar-refractivity contribution is -0.140. The first kappa shape index (κ1) is 16.5. The first-order valence-electron chi connectivity index (χ1n) is 8.42. The third kappa shape index (κ3) is 3.75. The Bertz CT molecular complexity index is 624. The second kappa shape index (κ2) is 7.03. The minimum atomic E-state index is -0.202. The number of nitrogens with zero attached hydrogens (tertiary/aromatic N) is 2. The van der Waals surface area contributed by atoms with Gasteiger partial charge in [0.1, 0.15) is 0 Å². The molecule has 3 amide bonds. The number of piperazine rings is 1. The third-order valence-electron chi connectivity index (χ3n) is 4.79. The van der Waals surface area contributed by atoms with Crippen molar-refractivity contribution >= 4 is 17.7 Å². The molecule has 1 saturated carbocycles. The lowest BCUT2D eigenvalue weighted by Crippen LogP contribution is -2.50. The lowest BCUT2D eigenvalue weighted by Gasteiger charge is -2.34. The zero-order valence-electron chi connectivity index (χ0n) is 13.9. The van der Waals surface area contributed by atoms with E-state index in [0.29, 0.717) is 39.1 Å². The fourth-order valence-electron chi connectivity index (χ4n) is 3.15. The van der Waals surface area contributed by atoms with E-state index >= 15 is 0 Å². The summed E-state index contributed by atoms with van der Waals surface area (Å²) in [6.07, 6.45) is 0.631. The Balaban J connectivity index is 1.44. The van der Waals surface area contributed by atoms with Gasteiger partial charge in [-0.25, -0.2) is 0 Å². The van der Waals surface area contributed by atoms with Gasteiger partial charge in [-0.3, -0.25) is 14.4 Å². The van der Waals surface area contributed by atoms with Crippen molar-refractivity contribution in [3.05, 3.63) is 35.9 Å². The summed E-state index contributed by atoms with van der Waals surface area (Å²) in [7, 11) is 0. The van der Waals surface area contributed by atoms with E-state index in [4.69, 9.17) is 0 Å². The average molecular weight is 329 g/mol. The average Bonchev–Trinajstić information content (AvgIpc) is 3.41. The number of hydrogen-bond donors (Lipinski definition) is 1. The van der Waals surface area contributed by atoms with Crippen LogP contribution in [-0.2, 0) is 20.9 Å². The van der Waals surface area contributed by atoms with Gasteiger partial charge in [0, 0.05) is 39.6 Å². The fraction of sp³-hybridized carbons (Fsp3) is 0.500. The highest BCUT2D eigenvalue weighted by Crippen LogP contribution is 2.40. The first-order valence-corrected chi connectivity index (χ1v) is 8.42. The van der Waals surface area contributed by atoms with Gasteiger partial charge in [-0.05, 0) is 12.0 Å². The predicted molar refractivity (Wildman–Crippen MR) is 88.7 cm³/mol. The van der Waals surface area contributed by atoms with Gasteiger partial charge in [0.25, 0.3) is 0 Å². The smallest absolute Gasteiger partial charge is 0.226 e. The molecule has 2 aliphatic rings. The van der Waals surface area contributed by atoms with Gasteiger partial charge in [-0.2, -0.15) is 0 Å². The van der Waals surface area contributed by atoms with Crippen molar-refractivity contribution in [1.82, 2.24) is 15.1 Å². The van der Waals surface area contributed by atoms with Crippen molar-refractivity contribution in [3.63, 3.8) is 0 Å². The number of carbonyl (C=O) groups excluding carboxylic acids is 3. The van der Waals surface area contributed by atoms with Gasteiger partial charge in [-0.15, -0.1) is 0 Å². The molecule has 1 N–H and O–H groups in total. The molecule has 3 rings (SSSR count). The van der Waals surface area contributed by atoms with Crippen molar-refractivity contribution in [2.75, 3.05) is 26.2 Å². The van der Waals surface area contributed by atoms with Crippen LogP contribution in [0, 0.1) is 11.8 Å². The van der Waals surface area contributed by atoms with Gasteiger partial charge in [0.05, 0.1) is 11.8 Å². The Labute approximate surface area is 141 Å². The molecule has 0 radical (unpaired) electrons. The molecule has 1 aliphatic heterocycles. The van der Waals surface area contributed by atoms with Crippen LogP contribution in [0.15, 0.2) is 30.3 Å². The summed E-state index contributed by atoms with van der Waals surface area (Å²) < 4.78 is 0. The highest BCUT2D eigenvalue weighted by atomic mass is 16.2. The second-order valence-electron chi connectivity index (χ2n) is 6.48. The molecular weight excluding hydrogens is 306 g/mol. The zero-order valence-corrected chi connectivity index (χ0v) is 13.9. The van der Waals surface area contributed by atoms with Crippen LogP contribution in [0.25, 0.3) is 0 Å². The van der Waals surface area contributed by atoms with Crippen LogP contribution >= 0.6 is 0 Å². The first-order chi connectivity index (χ1) is 11.6. The molecule has 2 atom stereocenters. The van der Waals surface area contributed by atoms with Crippen molar-refractivity contribution < 1.29 is 14.4 Å². The molecule has 1 heterocycles. The van der Waals surface area contributed by atoms with Crippen molar-refractivity contribution in [3.8, 4) is 0 Å². The molecule has 24 heavy (non-hydrogen) atoms. The van der Waals surface area contributed by atoms with Crippen LogP contribution in [0.5, 0.6) is 0 Å². The molecule has 0 aromatic heterocycles. The molecular formula is C18H23N3O3. The lowest BCUT2D eigenvalue weighted by atomic mass is 10.2. The van der Waals surface area contributed by atoms with Crippen LogP contribution in [-0.4, -0.2) is 53.7 Å². The summed E-state index contributed by atoms with van der Waals surface area (Å²) in [5.74, 6) is -0.332. The van der Waals surface area contributed by atoms with Crippen molar-refractivity contribution in [2.24, 2.45) is 11.8 Å². The monoisotopic (exact) mass is 329 g/mol. The number of rotatable bonds is 4. The van der Waals surface area contributed by atoms with Crippen LogP contribution in [0.1, 0.15) is 18.9 Å².